The van der Waals surface area contributed by atoms with Crippen LogP contribution in [0.3, 0.4) is 0 Å². The van der Waals surface area contributed by atoms with Crippen LogP contribution < -0.4 is 19.5 Å². The van der Waals surface area contributed by atoms with E-state index in [4.69, 9.17) is 37.4 Å². The molecule has 1 heterocycles. The van der Waals surface area contributed by atoms with Crippen molar-refractivity contribution >= 4 is 47.1 Å². The Morgan fingerprint density at radius 1 is 1.03 bits per heavy atom. The van der Waals surface area contributed by atoms with E-state index in [-0.39, 0.29) is 22.9 Å². The maximum absolute atomic E-state index is 13.2. The third-order valence-electron chi connectivity index (χ3n) is 4.84. The van der Waals surface area contributed by atoms with Gasteiger partial charge in [-0.1, -0.05) is 36.2 Å². The van der Waals surface area contributed by atoms with E-state index < -0.39 is 17.8 Å². The lowest BCUT2D eigenvalue weighted by Crippen LogP contribution is -2.53. The van der Waals surface area contributed by atoms with Crippen LogP contribution in [0.4, 0.5) is 4.79 Å². The van der Waals surface area contributed by atoms with Crippen molar-refractivity contribution in [3.63, 3.8) is 0 Å². The molecule has 34 heavy (non-hydrogen) atoms. The average molecular weight is 507 g/mol. The van der Waals surface area contributed by atoms with Gasteiger partial charge in [0.15, 0.2) is 11.5 Å². The first kappa shape index (κ1) is 25.4. The van der Waals surface area contributed by atoms with Crippen LogP contribution in [0, 0.1) is 0 Å². The quantitative estimate of drug-likeness (QED) is 0.385. The fourth-order valence-electron chi connectivity index (χ4n) is 3.33. The molecule has 1 aliphatic rings. The number of nitrogens with one attached hydrogen (secondary N) is 1. The Hall–Kier alpha value is -3.23. The van der Waals surface area contributed by atoms with Crippen LogP contribution >= 0.6 is 23.2 Å². The molecule has 1 N–H and O–H groups in total. The normalized spacial score (nSPS) is 14.9. The first-order valence-corrected chi connectivity index (χ1v) is 11.3. The molecule has 0 aromatic heterocycles. The number of rotatable bonds is 9. The van der Waals surface area contributed by atoms with Crippen molar-refractivity contribution in [2.45, 2.75) is 26.8 Å². The van der Waals surface area contributed by atoms with E-state index in [1.54, 1.807) is 18.2 Å². The molecule has 0 unspecified atom stereocenters. The molecule has 0 spiro atoms. The predicted octanol–water partition coefficient (Wildman–Crippen LogP) is 4.85. The summed E-state index contributed by atoms with van der Waals surface area (Å²) in [5.41, 5.74) is 0.681. The second kappa shape index (κ2) is 11.3. The largest absolute Gasteiger partial charge is 0.495 e. The number of benzene rings is 2. The van der Waals surface area contributed by atoms with Gasteiger partial charge in [-0.3, -0.25) is 19.8 Å². The van der Waals surface area contributed by atoms with Gasteiger partial charge >= 0.3 is 6.03 Å². The number of hydrogen-bond acceptors (Lipinski definition) is 6. The molecule has 8 nitrogen and oxygen atoms in total. The predicted molar refractivity (Wildman–Crippen MR) is 128 cm³/mol. The molecule has 0 saturated carbocycles. The van der Waals surface area contributed by atoms with Gasteiger partial charge in [0.1, 0.15) is 11.3 Å². The summed E-state index contributed by atoms with van der Waals surface area (Å²) >= 11 is 12.2. The van der Waals surface area contributed by atoms with E-state index in [0.717, 1.165) is 11.3 Å². The molecular formula is C24H24Cl2N2O6. The summed E-state index contributed by atoms with van der Waals surface area (Å²) in [5.74, 6) is -0.281. The molecule has 0 aliphatic carbocycles. The molecule has 3 rings (SSSR count). The Balaban J connectivity index is 1.93. The van der Waals surface area contributed by atoms with E-state index >= 15 is 0 Å². The minimum atomic E-state index is -0.831. The van der Waals surface area contributed by atoms with Gasteiger partial charge in [0.2, 0.25) is 0 Å². The standard InChI is InChI=1S/C24H24Cl2N2O6/c1-4-8-34-19-7-6-14(9-20(19)33-5-2)13-28-23(30)17(22(29)27-24(28)31)11-15-10-16(25)12-18(26)21(15)32-3/h6-7,9-12H,4-5,8,13H2,1-3H3,(H,27,29,31)/b17-11+. The highest BCUT2D eigenvalue weighted by atomic mass is 35.5. The van der Waals surface area contributed by atoms with Crippen LogP contribution in [-0.4, -0.2) is 43.1 Å². The Labute approximate surface area is 207 Å². The number of barbiturate groups is 1. The van der Waals surface area contributed by atoms with E-state index in [9.17, 15) is 14.4 Å². The summed E-state index contributed by atoms with van der Waals surface area (Å²) in [6.45, 7) is 4.70. The third-order valence-corrected chi connectivity index (χ3v) is 5.34. The fraction of sp³-hybridized carbons (Fsp3) is 0.292. The Morgan fingerprint density at radius 3 is 2.47 bits per heavy atom. The van der Waals surface area contributed by atoms with Gasteiger partial charge in [-0.25, -0.2) is 4.79 Å². The Bertz CT molecular complexity index is 1150. The SMILES string of the molecule is CCCOc1ccc(CN2C(=O)NC(=O)/C(=C\c3cc(Cl)cc(Cl)c3OC)C2=O)cc1OCC. The topological polar surface area (TPSA) is 94.2 Å². The summed E-state index contributed by atoms with van der Waals surface area (Å²) in [7, 11) is 1.40. The first-order chi connectivity index (χ1) is 16.3. The maximum atomic E-state index is 13.2. The van der Waals surface area contributed by atoms with Crippen molar-refractivity contribution in [1.82, 2.24) is 10.2 Å². The summed E-state index contributed by atoms with van der Waals surface area (Å²) in [6, 6.07) is 7.31. The number of imide groups is 2. The smallest absolute Gasteiger partial charge is 0.331 e. The van der Waals surface area contributed by atoms with Crippen molar-refractivity contribution in [2.24, 2.45) is 0 Å². The number of ether oxygens (including phenoxy) is 3. The van der Waals surface area contributed by atoms with Crippen LogP contribution in [0.2, 0.25) is 10.0 Å². The molecule has 0 atom stereocenters. The fourth-order valence-corrected chi connectivity index (χ4v) is 3.92. The lowest BCUT2D eigenvalue weighted by molar-refractivity contribution is -0.130. The number of carbonyl (C=O) groups is 3. The van der Waals surface area contributed by atoms with E-state index in [1.807, 2.05) is 13.8 Å². The molecule has 10 heteroatoms. The monoisotopic (exact) mass is 506 g/mol. The molecule has 0 bridgehead atoms. The molecule has 2 aromatic rings. The highest BCUT2D eigenvalue weighted by molar-refractivity contribution is 6.36. The number of amides is 4. The third kappa shape index (κ3) is 5.63. The van der Waals surface area contributed by atoms with Gasteiger partial charge < -0.3 is 14.2 Å². The number of nitrogens with zero attached hydrogens (tertiary/aromatic N) is 1. The van der Waals surface area contributed by atoms with Crippen molar-refractivity contribution in [2.75, 3.05) is 20.3 Å². The summed E-state index contributed by atoms with van der Waals surface area (Å²) in [4.78, 5) is 39.1. The highest BCUT2D eigenvalue weighted by Crippen LogP contribution is 2.34. The van der Waals surface area contributed by atoms with Crippen molar-refractivity contribution in [1.29, 1.82) is 0 Å². The summed E-state index contributed by atoms with van der Waals surface area (Å²) in [5, 5.41) is 2.70. The molecule has 4 amide bonds. The molecule has 1 fully saturated rings. The van der Waals surface area contributed by atoms with Gasteiger partial charge in [-0.05, 0) is 49.2 Å². The molecule has 0 radical (unpaired) electrons. The number of urea groups is 1. The van der Waals surface area contributed by atoms with Crippen LogP contribution in [0.1, 0.15) is 31.4 Å². The van der Waals surface area contributed by atoms with E-state index in [2.05, 4.69) is 5.32 Å². The lowest BCUT2D eigenvalue weighted by Gasteiger charge is -2.27. The lowest BCUT2D eigenvalue weighted by atomic mass is 10.1. The second-order valence-electron chi connectivity index (χ2n) is 7.28. The number of halogens is 2. The van der Waals surface area contributed by atoms with Crippen LogP contribution in [0.25, 0.3) is 6.08 Å². The zero-order valence-electron chi connectivity index (χ0n) is 18.9. The Morgan fingerprint density at radius 2 is 1.79 bits per heavy atom. The van der Waals surface area contributed by atoms with Crippen molar-refractivity contribution in [3.05, 3.63) is 57.1 Å². The molecule has 2 aromatic carbocycles. The zero-order valence-corrected chi connectivity index (χ0v) is 20.5. The average Bonchev–Trinajstić information content (AvgIpc) is 2.79. The minimum Gasteiger partial charge on any atom is -0.495 e. The molecule has 1 aliphatic heterocycles. The van der Waals surface area contributed by atoms with Gasteiger partial charge in [0.25, 0.3) is 11.8 Å². The molecule has 1 saturated heterocycles. The first-order valence-electron chi connectivity index (χ1n) is 10.6. The highest BCUT2D eigenvalue weighted by Gasteiger charge is 2.36. The van der Waals surface area contributed by atoms with Crippen LogP contribution in [-0.2, 0) is 16.1 Å². The molecular weight excluding hydrogens is 483 g/mol. The molecule has 180 valence electrons. The van der Waals surface area contributed by atoms with Crippen LogP contribution in [0.15, 0.2) is 35.9 Å². The van der Waals surface area contributed by atoms with Gasteiger partial charge in [0.05, 0.1) is 31.9 Å². The minimum absolute atomic E-state index is 0.0865. The number of hydrogen-bond donors (Lipinski definition) is 1. The van der Waals surface area contributed by atoms with Gasteiger partial charge in [-0.15, -0.1) is 0 Å². The summed E-state index contributed by atoms with van der Waals surface area (Å²) < 4.78 is 16.6. The zero-order chi connectivity index (χ0) is 24.8. The second-order valence-corrected chi connectivity index (χ2v) is 8.12. The van der Waals surface area contributed by atoms with Crippen molar-refractivity contribution in [3.8, 4) is 17.2 Å². The Kier molecular flexibility index (Phi) is 8.41. The number of carbonyl (C=O) groups excluding carboxylic acids is 3. The van der Waals surface area contributed by atoms with Gasteiger partial charge in [-0.2, -0.15) is 0 Å². The van der Waals surface area contributed by atoms with Crippen LogP contribution in [0.5, 0.6) is 17.2 Å². The number of methoxy groups -OCH3 is 1. The van der Waals surface area contributed by atoms with E-state index in [0.29, 0.717) is 40.9 Å². The summed E-state index contributed by atoms with van der Waals surface area (Å²) in [6.07, 6.45) is 2.13. The van der Waals surface area contributed by atoms with Gasteiger partial charge in [0, 0.05) is 10.6 Å². The maximum Gasteiger partial charge on any atom is 0.331 e. The van der Waals surface area contributed by atoms with E-state index in [1.165, 1.54) is 25.3 Å². The van der Waals surface area contributed by atoms with Crippen molar-refractivity contribution < 1.29 is 28.6 Å².